The van der Waals surface area contributed by atoms with Gasteiger partial charge < -0.3 is 14.1 Å². The Morgan fingerprint density at radius 3 is 2.61 bits per heavy atom. The highest BCUT2D eigenvalue weighted by molar-refractivity contribution is 7.98. The third-order valence-corrected chi connectivity index (χ3v) is 4.59. The van der Waals surface area contributed by atoms with E-state index in [9.17, 15) is 4.79 Å². The molecule has 3 aromatic rings. The Hall–Kier alpha value is -2.54. The van der Waals surface area contributed by atoms with Crippen LogP contribution in [-0.2, 0) is 12.8 Å². The summed E-state index contributed by atoms with van der Waals surface area (Å²) in [7, 11) is 1.91. The fourth-order valence-electron chi connectivity index (χ4n) is 2.18. The van der Waals surface area contributed by atoms with E-state index in [0.29, 0.717) is 5.75 Å². The van der Waals surface area contributed by atoms with Gasteiger partial charge in [-0.3, -0.25) is 0 Å². The van der Waals surface area contributed by atoms with Crippen molar-refractivity contribution in [2.24, 2.45) is 7.05 Å². The van der Waals surface area contributed by atoms with Crippen molar-refractivity contribution in [3.8, 4) is 11.4 Å². The summed E-state index contributed by atoms with van der Waals surface area (Å²) >= 11 is 1.55. The van der Waals surface area contributed by atoms with E-state index in [0.717, 1.165) is 27.9 Å². The minimum atomic E-state index is -0.919. The first-order valence-corrected chi connectivity index (χ1v) is 7.93. The quantitative estimate of drug-likeness (QED) is 0.723. The van der Waals surface area contributed by atoms with Crippen LogP contribution in [0, 0.1) is 6.92 Å². The summed E-state index contributed by atoms with van der Waals surface area (Å²) in [6.45, 7) is 1.89. The third-order valence-electron chi connectivity index (χ3n) is 3.50. The first kappa shape index (κ1) is 15.4. The summed E-state index contributed by atoms with van der Waals surface area (Å²) in [6.07, 6.45) is 1.64. The second-order valence-corrected chi connectivity index (χ2v) is 5.99. The van der Waals surface area contributed by atoms with Crippen molar-refractivity contribution in [3.05, 3.63) is 53.5 Å². The van der Waals surface area contributed by atoms with Crippen molar-refractivity contribution in [1.82, 2.24) is 14.8 Å². The number of thioether (sulfide) groups is 1. The SMILES string of the molecule is Cc1occc1-c1nnc(SCc2ccc(C(=O)O)cc2)n1C. The molecule has 2 aromatic heterocycles. The summed E-state index contributed by atoms with van der Waals surface area (Å²) in [4.78, 5) is 10.8. The summed E-state index contributed by atoms with van der Waals surface area (Å²) in [5, 5.41) is 18.1. The van der Waals surface area contributed by atoms with E-state index in [2.05, 4.69) is 10.2 Å². The van der Waals surface area contributed by atoms with Crippen molar-refractivity contribution in [3.63, 3.8) is 0 Å². The van der Waals surface area contributed by atoms with Gasteiger partial charge in [0.2, 0.25) is 0 Å². The number of nitrogens with zero attached hydrogens (tertiary/aromatic N) is 3. The molecule has 0 atom stereocenters. The molecule has 1 N–H and O–H groups in total. The normalized spacial score (nSPS) is 10.9. The minimum absolute atomic E-state index is 0.287. The Bertz CT molecular complexity index is 837. The second-order valence-electron chi connectivity index (χ2n) is 5.05. The van der Waals surface area contributed by atoms with E-state index in [4.69, 9.17) is 9.52 Å². The molecule has 0 aliphatic rings. The van der Waals surface area contributed by atoms with Gasteiger partial charge in [0.15, 0.2) is 11.0 Å². The molecule has 0 aliphatic carbocycles. The summed E-state index contributed by atoms with van der Waals surface area (Å²) < 4.78 is 7.23. The highest BCUT2D eigenvalue weighted by Gasteiger charge is 2.14. The molecule has 6 nitrogen and oxygen atoms in total. The van der Waals surface area contributed by atoms with Crippen LogP contribution in [0.4, 0.5) is 0 Å². The first-order chi connectivity index (χ1) is 11.1. The lowest BCUT2D eigenvalue weighted by Crippen LogP contribution is -1.96. The van der Waals surface area contributed by atoms with Gasteiger partial charge in [0.05, 0.1) is 17.4 Å². The molecule has 3 rings (SSSR count). The molecule has 23 heavy (non-hydrogen) atoms. The Morgan fingerprint density at radius 1 is 1.26 bits per heavy atom. The Kier molecular flexibility index (Phi) is 4.20. The van der Waals surface area contributed by atoms with Crippen LogP contribution < -0.4 is 0 Å². The fourth-order valence-corrected chi connectivity index (χ4v) is 3.05. The molecule has 0 saturated carbocycles. The molecule has 2 heterocycles. The molecule has 0 bridgehead atoms. The van der Waals surface area contributed by atoms with E-state index >= 15 is 0 Å². The van der Waals surface area contributed by atoms with Crippen LogP contribution in [0.2, 0.25) is 0 Å². The zero-order valence-corrected chi connectivity index (χ0v) is 13.5. The molecule has 7 heteroatoms. The molecule has 0 fully saturated rings. The lowest BCUT2D eigenvalue weighted by Gasteiger charge is -2.04. The number of aromatic carboxylic acids is 1. The number of furan rings is 1. The predicted octanol–water partition coefficient (Wildman–Crippen LogP) is 3.37. The van der Waals surface area contributed by atoms with E-state index < -0.39 is 5.97 Å². The highest BCUT2D eigenvalue weighted by Crippen LogP contribution is 2.27. The molecule has 0 aliphatic heterocycles. The number of hydrogen-bond donors (Lipinski definition) is 1. The van der Waals surface area contributed by atoms with Gasteiger partial charge in [0.1, 0.15) is 5.76 Å². The van der Waals surface area contributed by atoms with E-state index in [-0.39, 0.29) is 5.56 Å². The first-order valence-electron chi connectivity index (χ1n) is 6.95. The number of carbonyl (C=O) groups is 1. The fraction of sp³-hybridized carbons (Fsp3) is 0.188. The average Bonchev–Trinajstić information content (AvgIpc) is 3.11. The molecule has 1 aromatic carbocycles. The molecule has 0 radical (unpaired) electrons. The number of rotatable bonds is 5. The Morgan fingerprint density at radius 2 is 2.00 bits per heavy atom. The molecule has 0 saturated heterocycles. The number of aryl methyl sites for hydroxylation is 1. The van der Waals surface area contributed by atoms with Crippen LogP contribution in [0.1, 0.15) is 21.7 Å². The zero-order chi connectivity index (χ0) is 16.4. The van der Waals surface area contributed by atoms with Crippen molar-refractivity contribution < 1.29 is 14.3 Å². The maximum Gasteiger partial charge on any atom is 0.335 e. The summed E-state index contributed by atoms with van der Waals surface area (Å²) in [5.74, 6) is 1.34. The van der Waals surface area contributed by atoms with E-state index in [1.54, 1.807) is 30.2 Å². The molecular weight excluding hydrogens is 314 g/mol. The maximum atomic E-state index is 10.8. The van der Waals surface area contributed by atoms with Crippen LogP contribution in [0.25, 0.3) is 11.4 Å². The molecule has 0 spiro atoms. The van der Waals surface area contributed by atoms with Crippen molar-refractivity contribution >= 4 is 17.7 Å². The van der Waals surface area contributed by atoms with Gasteiger partial charge in [-0.2, -0.15) is 0 Å². The highest BCUT2D eigenvalue weighted by atomic mass is 32.2. The maximum absolute atomic E-state index is 10.8. The van der Waals surface area contributed by atoms with Crippen LogP contribution in [0.3, 0.4) is 0 Å². The minimum Gasteiger partial charge on any atom is -0.478 e. The van der Waals surface area contributed by atoms with Crippen molar-refractivity contribution in [1.29, 1.82) is 0 Å². The van der Waals surface area contributed by atoms with Gasteiger partial charge in [0.25, 0.3) is 0 Å². The number of aromatic nitrogens is 3. The van der Waals surface area contributed by atoms with Gasteiger partial charge in [-0.05, 0) is 30.7 Å². The lowest BCUT2D eigenvalue weighted by atomic mass is 10.1. The van der Waals surface area contributed by atoms with E-state index in [1.165, 1.54) is 0 Å². The van der Waals surface area contributed by atoms with Gasteiger partial charge >= 0.3 is 5.97 Å². The van der Waals surface area contributed by atoms with Crippen LogP contribution in [0.5, 0.6) is 0 Å². The Labute approximate surface area is 137 Å². The number of hydrogen-bond acceptors (Lipinski definition) is 5. The standard InChI is InChI=1S/C16H15N3O3S/c1-10-13(7-8-22-10)14-17-18-16(19(14)2)23-9-11-3-5-12(6-4-11)15(20)21/h3-8H,9H2,1-2H3,(H,20,21). The van der Waals surface area contributed by atoms with Crippen molar-refractivity contribution in [2.75, 3.05) is 0 Å². The molecular formula is C16H15N3O3S. The largest absolute Gasteiger partial charge is 0.478 e. The topological polar surface area (TPSA) is 81.2 Å². The van der Waals surface area contributed by atoms with Gasteiger partial charge in [-0.25, -0.2) is 4.79 Å². The lowest BCUT2D eigenvalue weighted by molar-refractivity contribution is 0.0697. The molecule has 118 valence electrons. The van der Waals surface area contributed by atoms with Gasteiger partial charge in [-0.1, -0.05) is 23.9 Å². The second kappa shape index (κ2) is 6.29. The van der Waals surface area contributed by atoms with Gasteiger partial charge in [0, 0.05) is 12.8 Å². The number of benzene rings is 1. The third kappa shape index (κ3) is 3.14. The Balaban J connectivity index is 1.73. The zero-order valence-electron chi connectivity index (χ0n) is 12.7. The smallest absolute Gasteiger partial charge is 0.335 e. The van der Waals surface area contributed by atoms with Gasteiger partial charge in [-0.15, -0.1) is 10.2 Å². The van der Waals surface area contributed by atoms with E-state index in [1.807, 2.05) is 36.7 Å². The van der Waals surface area contributed by atoms with Crippen LogP contribution in [-0.4, -0.2) is 25.8 Å². The molecule has 0 unspecified atom stereocenters. The number of carboxylic acids is 1. The average molecular weight is 329 g/mol. The monoisotopic (exact) mass is 329 g/mol. The number of carboxylic acid groups (broad SMARTS) is 1. The summed E-state index contributed by atoms with van der Waals surface area (Å²) in [6, 6.07) is 8.71. The predicted molar refractivity (Wildman–Crippen MR) is 86.4 cm³/mol. The molecule has 0 amide bonds. The summed E-state index contributed by atoms with van der Waals surface area (Å²) in [5.41, 5.74) is 2.25. The van der Waals surface area contributed by atoms with Crippen molar-refractivity contribution in [2.45, 2.75) is 17.8 Å². The van der Waals surface area contributed by atoms with Crippen LogP contribution in [0.15, 0.2) is 46.2 Å². The van der Waals surface area contributed by atoms with Crippen LogP contribution >= 0.6 is 11.8 Å².